The molecule has 18 heavy (non-hydrogen) atoms. The Kier molecular flexibility index (Phi) is 7.32. The van der Waals surface area contributed by atoms with E-state index in [0.717, 1.165) is 0 Å². The predicted octanol–water partition coefficient (Wildman–Crippen LogP) is 1.59. The second kappa shape index (κ2) is 8.85. The van der Waals surface area contributed by atoms with Gasteiger partial charge < -0.3 is 19.5 Å². The van der Waals surface area contributed by atoms with E-state index >= 15 is 0 Å². The summed E-state index contributed by atoms with van der Waals surface area (Å²) in [6, 6.07) is 4.84. The van der Waals surface area contributed by atoms with E-state index in [1.165, 1.54) is 13.2 Å². The second-order valence-electron chi connectivity index (χ2n) is 3.74. The third-order valence-electron chi connectivity index (χ3n) is 2.43. The van der Waals surface area contributed by atoms with Crippen molar-refractivity contribution >= 4 is 0 Å². The van der Waals surface area contributed by atoms with E-state index in [4.69, 9.17) is 14.2 Å². The van der Waals surface area contributed by atoms with Gasteiger partial charge in [0.15, 0.2) is 0 Å². The molecule has 4 nitrogen and oxygen atoms in total. The molecule has 0 spiro atoms. The molecule has 1 rings (SSSR count). The summed E-state index contributed by atoms with van der Waals surface area (Å²) in [6.45, 7) is 2.90. The average Bonchev–Trinajstić information content (AvgIpc) is 2.39. The van der Waals surface area contributed by atoms with Crippen LogP contribution in [0.3, 0.4) is 0 Å². The van der Waals surface area contributed by atoms with E-state index in [0.29, 0.717) is 44.2 Å². The van der Waals surface area contributed by atoms with E-state index in [-0.39, 0.29) is 5.82 Å². The van der Waals surface area contributed by atoms with Crippen LogP contribution in [0.5, 0.6) is 5.75 Å². The van der Waals surface area contributed by atoms with E-state index in [1.807, 2.05) is 0 Å². The van der Waals surface area contributed by atoms with E-state index < -0.39 is 0 Å². The first-order chi connectivity index (χ1) is 8.77. The molecule has 1 aromatic rings. The number of ether oxygens (including phenoxy) is 3. The highest BCUT2D eigenvalue weighted by molar-refractivity contribution is 5.28. The molecule has 0 radical (unpaired) electrons. The molecule has 0 saturated heterocycles. The van der Waals surface area contributed by atoms with Gasteiger partial charge in [0.2, 0.25) is 0 Å². The van der Waals surface area contributed by atoms with Crippen LogP contribution in [0.4, 0.5) is 4.39 Å². The molecule has 102 valence electrons. The van der Waals surface area contributed by atoms with Crippen molar-refractivity contribution in [1.82, 2.24) is 5.32 Å². The number of hydrogen-bond donors (Lipinski definition) is 1. The van der Waals surface area contributed by atoms with Gasteiger partial charge in [-0.1, -0.05) is 6.07 Å². The third-order valence-corrected chi connectivity index (χ3v) is 2.43. The van der Waals surface area contributed by atoms with Crippen LogP contribution in [0, 0.1) is 5.82 Å². The smallest absolute Gasteiger partial charge is 0.131 e. The number of hydrogen-bond acceptors (Lipinski definition) is 4. The summed E-state index contributed by atoms with van der Waals surface area (Å²) < 4.78 is 28.6. The summed E-state index contributed by atoms with van der Waals surface area (Å²) in [5.41, 5.74) is 0.618. The third kappa shape index (κ3) is 5.44. The number of methoxy groups -OCH3 is 2. The topological polar surface area (TPSA) is 39.7 Å². The fourth-order valence-electron chi connectivity index (χ4n) is 1.41. The van der Waals surface area contributed by atoms with Gasteiger partial charge in [0, 0.05) is 31.8 Å². The van der Waals surface area contributed by atoms with Crippen molar-refractivity contribution in [2.24, 2.45) is 0 Å². The first-order valence-corrected chi connectivity index (χ1v) is 5.87. The Morgan fingerprint density at radius 1 is 1.17 bits per heavy atom. The zero-order valence-corrected chi connectivity index (χ0v) is 10.9. The molecule has 0 aromatic heterocycles. The van der Waals surface area contributed by atoms with Crippen LogP contribution in [0.2, 0.25) is 0 Å². The van der Waals surface area contributed by atoms with Gasteiger partial charge in [-0.2, -0.15) is 0 Å². The van der Waals surface area contributed by atoms with Gasteiger partial charge in [0.25, 0.3) is 0 Å². The predicted molar refractivity (Wildman–Crippen MR) is 67.4 cm³/mol. The lowest BCUT2D eigenvalue weighted by atomic mass is 10.2. The van der Waals surface area contributed by atoms with Gasteiger partial charge in [-0.15, -0.1) is 0 Å². The van der Waals surface area contributed by atoms with E-state index in [2.05, 4.69) is 5.32 Å². The van der Waals surface area contributed by atoms with E-state index in [1.54, 1.807) is 19.2 Å². The van der Waals surface area contributed by atoms with Crippen molar-refractivity contribution in [3.63, 3.8) is 0 Å². The lowest BCUT2D eigenvalue weighted by Crippen LogP contribution is -2.20. The minimum atomic E-state index is -0.262. The maximum atomic E-state index is 13.5. The number of halogens is 1. The number of nitrogens with one attached hydrogen (secondary N) is 1. The fourth-order valence-corrected chi connectivity index (χ4v) is 1.41. The highest BCUT2D eigenvalue weighted by Crippen LogP contribution is 2.15. The van der Waals surface area contributed by atoms with Crippen molar-refractivity contribution in [3.8, 4) is 5.75 Å². The minimum absolute atomic E-state index is 0.262. The first kappa shape index (κ1) is 14.9. The maximum Gasteiger partial charge on any atom is 0.131 e. The normalized spacial score (nSPS) is 10.6. The highest BCUT2D eigenvalue weighted by atomic mass is 19.1. The SMILES string of the molecule is COCCOCCNCc1ccc(OC)cc1F. The molecule has 0 aliphatic rings. The molecular weight excluding hydrogens is 237 g/mol. The standard InChI is InChI=1S/C13H20FNO3/c1-16-7-8-18-6-5-15-10-11-3-4-12(17-2)9-13(11)14/h3-4,9,15H,5-8,10H2,1-2H3. The molecule has 0 heterocycles. The molecule has 0 saturated carbocycles. The molecule has 0 aliphatic carbocycles. The van der Waals surface area contributed by atoms with Crippen molar-refractivity contribution < 1.29 is 18.6 Å². The fraction of sp³-hybridized carbons (Fsp3) is 0.538. The first-order valence-electron chi connectivity index (χ1n) is 5.87. The molecule has 0 amide bonds. The zero-order chi connectivity index (χ0) is 13.2. The molecule has 0 fully saturated rings. The van der Waals surface area contributed by atoms with Gasteiger partial charge in [0.1, 0.15) is 11.6 Å². The van der Waals surface area contributed by atoms with Crippen molar-refractivity contribution in [2.45, 2.75) is 6.54 Å². The molecule has 0 bridgehead atoms. The van der Waals surface area contributed by atoms with Crippen LogP contribution in [0.15, 0.2) is 18.2 Å². The summed E-state index contributed by atoms with van der Waals surface area (Å²) >= 11 is 0. The Bertz CT molecular complexity index is 347. The Labute approximate surface area is 107 Å². The lowest BCUT2D eigenvalue weighted by molar-refractivity contribution is 0.0719. The Hall–Kier alpha value is -1.17. The summed E-state index contributed by atoms with van der Waals surface area (Å²) in [6.07, 6.45) is 0. The summed E-state index contributed by atoms with van der Waals surface area (Å²) in [4.78, 5) is 0. The van der Waals surface area contributed by atoms with Gasteiger partial charge in [-0.25, -0.2) is 4.39 Å². The second-order valence-corrected chi connectivity index (χ2v) is 3.74. The Morgan fingerprint density at radius 3 is 2.67 bits per heavy atom. The Balaban J connectivity index is 2.19. The molecule has 1 N–H and O–H groups in total. The van der Waals surface area contributed by atoms with Gasteiger partial charge >= 0.3 is 0 Å². The van der Waals surface area contributed by atoms with E-state index in [9.17, 15) is 4.39 Å². The van der Waals surface area contributed by atoms with Crippen LogP contribution in [0.25, 0.3) is 0 Å². The van der Waals surface area contributed by atoms with Crippen LogP contribution < -0.4 is 10.1 Å². The summed E-state index contributed by atoms with van der Waals surface area (Å²) in [5.74, 6) is 0.265. The van der Waals surface area contributed by atoms with Crippen molar-refractivity contribution in [2.75, 3.05) is 40.6 Å². The molecule has 5 heteroatoms. The number of rotatable bonds is 9. The quantitative estimate of drug-likeness (QED) is 0.682. The lowest BCUT2D eigenvalue weighted by Gasteiger charge is -2.08. The molecular formula is C13H20FNO3. The van der Waals surface area contributed by atoms with Gasteiger partial charge in [-0.3, -0.25) is 0 Å². The van der Waals surface area contributed by atoms with Gasteiger partial charge in [0.05, 0.1) is 26.9 Å². The molecule has 0 unspecified atom stereocenters. The average molecular weight is 257 g/mol. The largest absolute Gasteiger partial charge is 0.497 e. The van der Waals surface area contributed by atoms with Crippen LogP contribution >= 0.6 is 0 Å². The Morgan fingerprint density at radius 2 is 2.00 bits per heavy atom. The van der Waals surface area contributed by atoms with Crippen molar-refractivity contribution in [3.05, 3.63) is 29.6 Å². The monoisotopic (exact) mass is 257 g/mol. The zero-order valence-electron chi connectivity index (χ0n) is 10.9. The summed E-state index contributed by atoms with van der Waals surface area (Å²) in [5, 5.41) is 3.11. The molecule has 0 aliphatic heterocycles. The van der Waals surface area contributed by atoms with Gasteiger partial charge in [-0.05, 0) is 6.07 Å². The van der Waals surface area contributed by atoms with Crippen molar-refractivity contribution in [1.29, 1.82) is 0 Å². The van der Waals surface area contributed by atoms with Crippen LogP contribution in [-0.4, -0.2) is 40.6 Å². The van der Waals surface area contributed by atoms with Crippen LogP contribution in [-0.2, 0) is 16.0 Å². The molecule has 0 atom stereocenters. The number of benzene rings is 1. The van der Waals surface area contributed by atoms with Crippen LogP contribution in [0.1, 0.15) is 5.56 Å². The highest BCUT2D eigenvalue weighted by Gasteiger charge is 2.03. The minimum Gasteiger partial charge on any atom is -0.497 e. The molecule has 1 aromatic carbocycles. The maximum absolute atomic E-state index is 13.5. The summed E-state index contributed by atoms with van der Waals surface area (Å²) in [7, 11) is 3.15.